The van der Waals surface area contributed by atoms with Crippen molar-refractivity contribution in [3.05, 3.63) is 28.2 Å². The minimum atomic E-state index is -0.112. The van der Waals surface area contributed by atoms with E-state index in [1.54, 1.807) is 18.2 Å². The fourth-order valence-corrected chi connectivity index (χ4v) is 2.04. The highest BCUT2D eigenvalue weighted by Crippen LogP contribution is 2.19. The molecule has 1 amide bonds. The zero-order valence-electron chi connectivity index (χ0n) is 10.3. The third kappa shape index (κ3) is 4.36. The SMILES string of the molecule is CC(CN(C)C)NC(=O)c1cc(N)ccc1Br. The van der Waals surface area contributed by atoms with Crippen LogP contribution < -0.4 is 11.1 Å². The van der Waals surface area contributed by atoms with Gasteiger partial charge in [-0.25, -0.2) is 0 Å². The molecule has 0 fully saturated rings. The van der Waals surface area contributed by atoms with Crippen LogP contribution in [-0.4, -0.2) is 37.5 Å². The zero-order valence-corrected chi connectivity index (χ0v) is 11.9. The first-order chi connectivity index (χ1) is 7.90. The summed E-state index contributed by atoms with van der Waals surface area (Å²) in [5.74, 6) is -0.112. The standard InChI is InChI=1S/C12H18BrN3O/c1-8(7-16(2)3)15-12(17)10-6-9(14)4-5-11(10)13/h4-6,8H,7,14H2,1-3H3,(H,15,17). The molecule has 0 aliphatic heterocycles. The van der Waals surface area contributed by atoms with Crippen molar-refractivity contribution < 1.29 is 4.79 Å². The van der Waals surface area contributed by atoms with E-state index in [1.165, 1.54) is 0 Å². The van der Waals surface area contributed by atoms with Crippen LogP contribution in [0.1, 0.15) is 17.3 Å². The van der Waals surface area contributed by atoms with Gasteiger partial charge in [0, 0.05) is 22.7 Å². The summed E-state index contributed by atoms with van der Waals surface area (Å²) in [6, 6.07) is 5.29. The Bertz CT molecular complexity index is 407. The molecular weight excluding hydrogens is 282 g/mol. The molecule has 1 rings (SSSR count). The molecule has 1 aromatic rings. The Kier molecular flexibility index (Phi) is 4.96. The molecule has 5 heteroatoms. The molecule has 94 valence electrons. The summed E-state index contributed by atoms with van der Waals surface area (Å²) in [7, 11) is 3.94. The van der Waals surface area contributed by atoms with E-state index in [-0.39, 0.29) is 11.9 Å². The number of likely N-dealkylation sites (N-methyl/N-ethyl adjacent to an activating group) is 1. The second kappa shape index (κ2) is 6.02. The Morgan fingerprint density at radius 3 is 2.76 bits per heavy atom. The van der Waals surface area contributed by atoms with Crippen LogP contribution in [0.15, 0.2) is 22.7 Å². The summed E-state index contributed by atoms with van der Waals surface area (Å²) < 4.78 is 0.751. The number of amides is 1. The van der Waals surface area contributed by atoms with Crippen molar-refractivity contribution in [2.75, 3.05) is 26.4 Å². The number of benzene rings is 1. The molecule has 1 atom stereocenters. The maximum absolute atomic E-state index is 12.0. The first-order valence-electron chi connectivity index (χ1n) is 5.40. The Hall–Kier alpha value is -1.07. The van der Waals surface area contributed by atoms with Crippen LogP contribution in [0.25, 0.3) is 0 Å². The number of hydrogen-bond donors (Lipinski definition) is 2. The molecule has 0 aromatic heterocycles. The van der Waals surface area contributed by atoms with Crippen molar-refractivity contribution in [2.45, 2.75) is 13.0 Å². The van der Waals surface area contributed by atoms with Crippen molar-refractivity contribution in [3.8, 4) is 0 Å². The number of halogens is 1. The molecule has 0 aliphatic carbocycles. The quantitative estimate of drug-likeness (QED) is 0.832. The third-order valence-electron chi connectivity index (χ3n) is 2.25. The van der Waals surface area contributed by atoms with Gasteiger partial charge in [-0.05, 0) is 55.1 Å². The van der Waals surface area contributed by atoms with Gasteiger partial charge in [-0.3, -0.25) is 4.79 Å². The lowest BCUT2D eigenvalue weighted by Gasteiger charge is -2.18. The second-order valence-electron chi connectivity index (χ2n) is 4.38. The van der Waals surface area contributed by atoms with Crippen LogP contribution in [0.5, 0.6) is 0 Å². The molecule has 0 spiro atoms. The molecular formula is C12H18BrN3O. The van der Waals surface area contributed by atoms with E-state index >= 15 is 0 Å². The molecule has 1 unspecified atom stereocenters. The predicted octanol–water partition coefficient (Wildman–Crippen LogP) is 1.71. The topological polar surface area (TPSA) is 58.4 Å². The normalized spacial score (nSPS) is 12.5. The fraction of sp³-hybridized carbons (Fsp3) is 0.417. The van der Waals surface area contributed by atoms with E-state index in [1.807, 2.05) is 25.9 Å². The molecule has 0 saturated carbocycles. The minimum Gasteiger partial charge on any atom is -0.399 e. The smallest absolute Gasteiger partial charge is 0.252 e. The van der Waals surface area contributed by atoms with Gasteiger partial charge in [-0.1, -0.05) is 0 Å². The number of carbonyl (C=O) groups excluding carboxylic acids is 1. The summed E-state index contributed by atoms with van der Waals surface area (Å²) in [6.07, 6.45) is 0. The van der Waals surface area contributed by atoms with Gasteiger partial charge in [-0.2, -0.15) is 0 Å². The number of anilines is 1. The number of nitrogen functional groups attached to an aromatic ring is 1. The van der Waals surface area contributed by atoms with E-state index in [4.69, 9.17) is 5.73 Å². The van der Waals surface area contributed by atoms with Gasteiger partial charge < -0.3 is 16.0 Å². The van der Waals surface area contributed by atoms with E-state index in [0.29, 0.717) is 11.3 Å². The Morgan fingerprint density at radius 1 is 1.53 bits per heavy atom. The van der Waals surface area contributed by atoms with Gasteiger partial charge in [-0.15, -0.1) is 0 Å². The molecule has 1 aromatic carbocycles. The van der Waals surface area contributed by atoms with Crippen LogP contribution in [0.3, 0.4) is 0 Å². The van der Waals surface area contributed by atoms with E-state index < -0.39 is 0 Å². The van der Waals surface area contributed by atoms with Gasteiger partial charge in [0.15, 0.2) is 0 Å². The van der Waals surface area contributed by atoms with Gasteiger partial charge in [0.2, 0.25) is 0 Å². The Balaban J connectivity index is 2.73. The summed E-state index contributed by atoms with van der Waals surface area (Å²) in [6.45, 7) is 2.77. The summed E-state index contributed by atoms with van der Waals surface area (Å²) in [5, 5.41) is 2.93. The van der Waals surface area contributed by atoms with Crippen LogP contribution in [-0.2, 0) is 0 Å². The van der Waals surface area contributed by atoms with Gasteiger partial charge in [0.1, 0.15) is 0 Å². The largest absolute Gasteiger partial charge is 0.399 e. The highest BCUT2D eigenvalue weighted by atomic mass is 79.9. The molecule has 0 aliphatic rings. The van der Waals surface area contributed by atoms with Crippen molar-refractivity contribution in [1.82, 2.24) is 10.2 Å². The Labute approximate surface area is 110 Å². The average Bonchev–Trinajstić information content (AvgIpc) is 2.20. The van der Waals surface area contributed by atoms with Crippen LogP contribution >= 0.6 is 15.9 Å². The van der Waals surface area contributed by atoms with E-state index in [9.17, 15) is 4.79 Å². The maximum Gasteiger partial charge on any atom is 0.252 e. The predicted molar refractivity (Wildman–Crippen MR) is 74.0 cm³/mol. The third-order valence-corrected chi connectivity index (χ3v) is 2.94. The lowest BCUT2D eigenvalue weighted by Crippen LogP contribution is -2.39. The highest BCUT2D eigenvalue weighted by Gasteiger charge is 2.13. The zero-order chi connectivity index (χ0) is 13.0. The average molecular weight is 300 g/mol. The molecule has 4 nitrogen and oxygen atoms in total. The number of nitrogens with one attached hydrogen (secondary N) is 1. The fourth-order valence-electron chi connectivity index (χ4n) is 1.61. The lowest BCUT2D eigenvalue weighted by atomic mass is 10.2. The maximum atomic E-state index is 12.0. The summed E-state index contributed by atoms with van der Waals surface area (Å²) in [5.41, 5.74) is 6.82. The molecule has 17 heavy (non-hydrogen) atoms. The summed E-state index contributed by atoms with van der Waals surface area (Å²) >= 11 is 3.35. The van der Waals surface area contributed by atoms with E-state index in [0.717, 1.165) is 11.0 Å². The second-order valence-corrected chi connectivity index (χ2v) is 5.23. The number of rotatable bonds is 4. The van der Waals surface area contributed by atoms with Gasteiger partial charge >= 0.3 is 0 Å². The van der Waals surface area contributed by atoms with Crippen molar-refractivity contribution in [3.63, 3.8) is 0 Å². The van der Waals surface area contributed by atoms with Crippen LogP contribution in [0.4, 0.5) is 5.69 Å². The molecule has 0 radical (unpaired) electrons. The van der Waals surface area contributed by atoms with Gasteiger partial charge in [0.05, 0.1) is 5.56 Å². The highest BCUT2D eigenvalue weighted by molar-refractivity contribution is 9.10. The number of nitrogens with two attached hydrogens (primary N) is 1. The number of hydrogen-bond acceptors (Lipinski definition) is 3. The first kappa shape index (κ1) is 14.0. The minimum absolute atomic E-state index is 0.0887. The van der Waals surface area contributed by atoms with Crippen LogP contribution in [0, 0.1) is 0 Å². The monoisotopic (exact) mass is 299 g/mol. The number of carbonyl (C=O) groups is 1. The Morgan fingerprint density at radius 2 is 2.18 bits per heavy atom. The van der Waals surface area contributed by atoms with Gasteiger partial charge in [0.25, 0.3) is 5.91 Å². The van der Waals surface area contributed by atoms with Crippen molar-refractivity contribution in [2.24, 2.45) is 0 Å². The molecule has 3 N–H and O–H groups in total. The first-order valence-corrected chi connectivity index (χ1v) is 6.20. The summed E-state index contributed by atoms with van der Waals surface area (Å²) in [4.78, 5) is 14.0. The van der Waals surface area contributed by atoms with Crippen molar-refractivity contribution in [1.29, 1.82) is 0 Å². The molecule has 0 bridgehead atoms. The van der Waals surface area contributed by atoms with Crippen molar-refractivity contribution >= 4 is 27.5 Å². The molecule has 0 saturated heterocycles. The van der Waals surface area contributed by atoms with E-state index in [2.05, 4.69) is 21.2 Å². The van der Waals surface area contributed by atoms with Crippen LogP contribution in [0.2, 0.25) is 0 Å². The lowest BCUT2D eigenvalue weighted by molar-refractivity contribution is 0.0933. The number of nitrogens with zero attached hydrogens (tertiary/aromatic N) is 1. The molecule has 0 heterocycles.